The molecule has 224 valence electrons. The molecule has 0 fully saturated rings. The Morgan fingerprint density at radius 1 is 0.553 bits per heavy atom. The second-order valence-corrected chi connectivity index (χ2v) is 11.3. The van der Waals surface area contributed by atoms with Crippen LogP contribution in [0.3, 0.4) is 0 Å². The van der Waals surface area contributed by atoms with Gasteiger partial charge < -0.3 is 9.84 Å². The number of unbranched alkanes of at least 4 members (excludes halogenated alkanes) is 19. The van der Waals surface area contributed by atoms with E-state index in [0.29, 0.717) is 6.42 Å². The molecular weight excluding hydrogens is 472 g/mol. The average molecular weight is 537 g/mol. The highest BCUT2D eigenvalue weighted by Crippen LogP contribution is 2.18. The fraction of sp³-hybridized carbons (Fsp3) is 0.882. The maximum Gasteiger partial charge on any atom is 0.306 e. The molecule has 4 nitrogen and oxygen atoms in total. The molecule has 1 N–H and O–H groups in total. The van der Waals surface area contributed by atoms with Gasteiger partial charge in [-0.05, 0) is 64.2 Å². The lowest BCUT2D eigenvalue weighted by molar-refractivity contribution is -0.150. The number of carbonyl (C=O) groups is 2. The minimum absolute atomic E-state index is 0.000611. The smallest absolute Gasteiger partial charge is 0.306 e. The molecule has 0 unspecified atom stereocenters. The number of rotatable bonds is 30. The molecule has 1 atom stereocenters. The Hall–Kier alpha value is -1.32. The predicted molar refractivity (Wildman–Crippen MR) is 163 cm³/mol. The maximum atomic E-state index is 12.5. The highest BCUT2D eigenvalue weighted by Gasteiger charge is 2.14. The molecule has 4 heteroatoms. The van der Waals surface area contributed by atoms with E-state index in [1.54, 1.807) is 0 Å². The van der Waals surface area contributed by atoms with Gasteiger partial charge in [-0.25, -0.2) is 0 Å². The van der Waals surface area contributed by atoms with Gasteiger partial charge in [0.15, 0.2) is 0 Å². The molecule has 0 heterocycles. The maximum absolute atomic E-state index is 12.5. The number of carboxylic acids is 1. The van der Waals surface area contributed by atoms with Gasteiger partial charge in [0.25, 0.3) is 0 Å². The SMILES string of the molecule is CCCCCC/C=C\CCCCCCCC(=O)O[C@@H](CCCCCCCC)CCCCCCCCC(=O)O. The fourth-order valence-corrected chi connectivity index (χ4v) is 5.00. The van der Waals surface area contributed by atoms with Crippen LogP contribution in [0.2, 0.25) is 0 Å². The first-order valence-electron chi connectivity index (χ1n) is 16.7. The first-order chi connectivity index (χ1) is 18.6. The predicted octanol–water partition coefficient (Wildman–Crippen LogP) is 11.1. The van der Waals surface area contributed by atoms with Crippen molar-refractivity contribution in [3.8, 4) is 0 Å². The highest BCUT2D eigenvalue weighted by atomic mass is 16.5. The molecular formula is C34H64O4. The van der Waals surface area contributed by atoms with E-state index in [1.807, 2.05) is 0 Å². The van der Waals surface area contributed by atoms with Crippen LogP contribution in [0.4, 0.5) is 0 Å². The number of ether oxygens (including phenoxy) is 1. The Balaban J connectivity index is 3.97. The van der Waals surface area contributed by atoms with E-state index in [1.165, 1.54) is 89.9 Å². The number of allylic oxidation sites excluding steroid dienone is 2. The third-order valence-corrected chi connectivity index (χ3v) is 7.49. The van der Waals surface area contributed by atoms with E-state index in [9.17, 15) is 9.59 Å². The molecule has 0 bridgehead atoms. The molecule has 0 aromatic heterocycles. The number of aliphatic carboxylic acids is 1. The average Bonchev–Trinajstić information content (AvgIpc) is 2.89. The summed E-state index contributed by atoms with van der Waals surface area (Å²) in [7, 11) is 0. The van der Waals surface area contributed by atoms with Gasteiger partial charge >= 0.3 is 11.9 Å². The van der Waals surface area contributed by atoms with Crippen LogP contribution >= 0.6 is 0 Å². The van der Waals surface area contributed by atoms with Crippen LogP contribution in [0, 0.1) is 0 Å². The van der Waals surface area contributed by atoms with Crippen molar-refractivity contribution in [2.45, 2.75) is 193 Å². The van der Waals surface area contributed by atoms with E-state index < -0.39 is 5.97 Å². The molecule has 0 aliphatic rings. The van der Waals surface area contributed by atoms with Crippen molar-refractivity contribution >= 4 is 11.9 Å². The van der Waals surface area contributed by atoms with Crippen molar-refractivity contribution in [3.63, 3.8) is 0 Å². The topological polar surface area (TPSA) is 63.6 Å². The standard InChI is InChI=1S/C34H64O4/c1-3-5-7-9-11-12-13-14-15-16-17-23-27-31-34(37)38-32(28-24-20-10-8-6-4-2)29-25-21-18-19-22-26-30-33(35)36/h12-13,32H,3-11,14-31H2,1-2H3,(H,35,36)/b13-12-/t32-/m0/s1. The molecule has 0 amide bonds. The minimum Gasteiger partial charge on any atom is -0.481 e. The van der Waals surface area contributed by atoms with E-state index >= 15 is 0 Å². The van der Waals surface area contributed by atoms with Crippen LogP contribution in [0.25, 0.3) is 0 Å². The molecule has 0 aliphatic heterocycles. The number of hydrogen-bond acceptors (Lipinski definition) is 3. The summed E-state index contributed by atoms with van der Waals surface area (Å²) in [4.78, 5) is 23.1. The lowest BCUT2D eigenvalue weighted by Gasteiger charge is -2.18. The third-order valence-electron chi connectivity index (χ3n) is 7.49. The third kappa shape index (κ3) is 29.2. The number of hydrogen-bond donors (Lipinski definition) is 1. The molecule has 0 saturated carbocycles. The van der Waals surface area contributed by atoms with Gasteiger partial charge in [-0.1, -0.05) is 122 Å². The first-order valence-corrected chi connectivity index (χ1v) is 16.7. The van der Waals surface area contributed by atoms with Crippen LogP contribution in [0.1, 0.15) is 187 Å². The minimum atomic E-state index is -0.694. The summed E-state index contributed by atoms with van der Waals surface area (Å²) in [6, 6.07) is 0. The summed E-state index contributed by atoms with van der Waals surface area (Å²) in [5, 5.41) is 8.73. The van der Waals surface area contributed by atoms with E-state index in [4.69, 9.17) is 9.84 Å². The Morgan fingerprint density at radius 3 is 1.45 bits per heavy atom. The molecule has 0 aliphatic carbocycles. The molecule has 0 radical (unpaired) electrons. The second kappa shape index (κ2) is 30.2. The summed E-state index contributed by atoms with van der Waals surface area (Å²) in [5.41, 5.74) is 0. The van der Waals surface area contributed by atoms with Crippen LogP contribution < -0.4 is 0 Å². The van der Waals surface area contributed by atoms with Crippen LogP contribution in [-0.4, -0.2) is 23.1 Å². The zero-order chi connectivity index (χ0) is 27.9. The van der Waals surface area contributed by atoms with Crippen molar-refractivity contribution in [1.29, 1.82) is 0 Å². The zero-order valence-electron chi connectivity index (χ0n) is 25.5. The number of carbonyl (C=O) groups excluding carboxylic acids is 1. The van der Waals surface area contributed by atoms with Gasteiger partial charge in [0.2, 0.25) is 0 Å². The monoisotopic (exact) mass is 536 g/mol. The van der Waals surface area contributed by atoms with Gasteiger partial charge in [0, 0.05) is 12.8 Å². The van der Waals surface area contributed by atoms with Crippen LogP contribution in [-0.2, 0) is 14.3 Å². The molecule has 0 rings (SSSR count). The summed E-state index contributed by atoms with van der Waals surface area (Å²) in [6.45, 7) is 4.50. The Morgan fingerprint density at radius 2 is 0.947 bits per heavy atom. The summed E-state index contributed by atoms with van der Waals surface area (Å²) in [5.74, 6) is -0.693. The van der Waals surface area contributed by atoms with Crippen molar-refractivity contribution in [2.24, 2.45) is 0 Å². The quantitative estimate of drug-likeness (QED) is 0.0563. The normalized spacial score (nSPS) is 12.3. The Labute approximate surface area is 236 Å². The summed E-state index contributed by atoms with van der Waals surface area (Å²) >= 11 is 0. The van der Waals surface area contributed by atoms with E-state index in [-0.39, 0.29) is 18.5 Å². The lowest BCUT2D eigenvalue weighted by Crippen LogP contribution is -2.18. The fourth-order valence-electron chi connectivity index (χ4n) is 5.00. The molecule has 0 aromatic carbocycles. The largest absolute Gasteiger partial charge is 0.481 e. The molecule has 0 spiro atoms. The van der Waals surface area contributed by atoms with Gasteiger partial charge in [-0.15, -0.1) is 0 Å². The summed E-state index contributed by atoms with van der Waals surface area (Å²) < 4.78 is 5.94. The van der Waals surface area contributed by atoms with Gasteiger partial charge in [0.1, 0.15) is 6.10 Å². The van der Waals surface area contributed by atoms with Crippen molar-refractivity contribution < 1.29 is 19.4 Å². The number of esters is 1. The molecule has 0 aromatic rings. The van der Waals surface area contributed by atoms with Crippen LogP contribution in [0.5, 0.6) is 0 Å². The van der Waals surface area contributed by atoms with Crippen molar-refractivity contribution in [3.05, 3.63) is 12.2 Å². The second-order valence-electron chi connectivity index (χ2n) is 11.3. The Kier molecular flexibility index (Phi) is 29.2. The van der Waals surface area contributed by atoms with Crippen molar-refractivity contribution in [1.82, 2.24) is 0 Å². The highest BCUT2D eigenvalue weighted by molar-refractivity contribution is 5.69. The zero-order valence-corrected chi connectivity index (χ0v) is 25.5. The van der Waals surface area contributed by atoms with E-state index in [0.717, 1.165) is 70.6 Å². The van der Waals surface area contributed by atoms with Crippen LogP contribution in [0.15, 0.2) is 12.2 Å². The van der Waals surface area contributed by atoms with Gasteiger partial charge in [-0.2, -0.15) is 0 Å². The summed E-state index contributed by atoms with van der Waals surface area (Å²) in [6.07, 6.45) is 35.1. The Bertz CT molecular complexity index is 543. The van der Waals surface area contributed by atoms with E-state index in [2.05, 4.69) is 26.0 Å². The molecule has 38 heavy (non-hydrogen) atoms. The lowest BCUT2D eigenvalue weighted by atomic mass is 10.0. The first kappa shape index (κ1) is 36.7. The van der Waals surface area contributed by atoms with Crippen molar-refractivity contribution in [2.75, 3.05) is 0 Å². The molecule has 0 saturated heterocycles. The van der Waals surface area contributed by atoms with Gasteiger partial charge in [-0.3, -0.25) is 9.59 Å². The number of carboxylic acid groups (broad SMARTS) is 1. The van der Waals surface area contributed by atoms with Gasteiger partial charge in [0.05, 0.1) is 0 Å².